The van der Waals surface area contributed by atoms with Crippen molar-refractivity contribution in [1.29, 1.82) is 0 Å². The van der Waals surface area contributed by atoms with Gasteiger partial charge in [0.1, 0.15) is 15.0 Å². The van der Waals surface area contributed by atoms with Gasteiger partial charge in [-0.1, -0.05) is 30.0 Å². The van der Waals surface area contributed by atoms with E-state index in [4.69, 9.17) is 16.8 Å². The van der Waals surface area contributed by atoms with Crippen LogP contribution in [0.15, 0.2) is 28.0 Å². The third kappa shape index (κ3) is 4.04. The van der Waals surface area contributed by atoms with Crippen LogP contribution in [0.1, 0.15) is 5.56 Å². The fourth-order valence-electron chi connectivity index (χ4n) is 1.40. The maximum atomic E-state index is 11.4. The maximum absolute atomic E-state index is 11.4. The number of hydrogen-bond acceptors (Lipinski definition) is 6. The standard InChI is InChI=1S/C10H7NO5S3.Na/c12-6-2-1-5(4-8(6)19(14,15)16)3-7-9(13)11-10(17)18-7;/h1-4,12H,(H,11,13,17)(H,14,15,16);/q;+1/b7-3+;. The van der Waals surface area contributed by atoms with E-state index in [2.05, 4.69) is 5.32 Å². The second-order valence-electron chi connectivity index (χ2n) is 3.55. The topological polar surface area (TPSA) is 104 Å². The molecule has 1 aliphatic rings. The molecule has 1 fully saturated rings. The molecule has 1 aromatic carbocycles. The molecule has 20 heavy (non-hydrogen) atoms. The monoisotopic (exact) mass is 340 g/mol. The minimum Gasteiger partial charge on any atom is -0.506 e. The van der Waals surface area contributed by atoms with E-state index in [-0.39, 0.29) is 35.5 Å². The van der Waals surface area contributed by atoms with Crippen LogP contribution in [-0.4, -0.2) is 28.3 Å². The van der Waals surface area contributed by atoms with Crippen molar-refractivity contribution in [3.05, 3.63) is 28.7 Å². The summed E-state index contributed by atoms with van der Waals surface area (Å²) in [6, 6.07) is 3.59. The number of phenols is 1. The van der Waals surface area contributed by atoms with Crippen molar-refractivity contribution in [1.82, 2.24) is 5.32 Å². The number of aromatic hydroxyl groups is 1. The van der Waals surface area contributed by atoms with Crippen LogP contribution in [0.4, 0.5) is 0 Å². The molecule has 0 saturated carbocycles. The number of carbonyl (C=O) groups is 1. The summed E-state index contributed by atoms with van der Waals surface area (Å²) in [5, 5.41) is 11.8. The van der Waals surface area contributed by atoms with Gasteiger partial charge in [0, 0.05) is 0 Å². The zero-order chi connectivity index (χ0) is 14.2. The molecule has 0 atom stereocenters. The Hall–Kier alpha value is -0.420. The largest absolute Gasteiger partial charge is 1.00 e. The summed E-state index contributed by atoms with van der Waals surface area (Å²) in [5.41, 5.74) is 0.341. The molecular weight excluding hydrogens is 333 g/mol. The van der Waals surface area contributed by atoms with Crippen LogP contribution >= 0.6 is 24.0 Å². The Bertz CT molecular complexity index is 714. The molecule has 0 radical (unpaired) electrons. The molecule has 2 rings (SSSR count). The molecule has 6 nitrogen and oxygen atoms in total. The zero-order valence-corrected chi connectivity index (χ0v) is 14.6. The number of hydrogen-bond donors (Lipinski definition) is 3. The molecule has 100 valence electrons. The molecule has 3 N–H and O–H groups in total. The van der Waals surface area contributed by atoms with E-state index in [1.54, 1.807) is 0 Å². The van der Waals surface area contributed by atoms with Gasteiger partial charge in [0.15, 0.2) is 0 Å². The Balaban J connectivity index is 0.00000200. The van der Waals surface area contributed by atoms with Crippen molar-refractivity contribution in [2.45, 2.75) is 4.90 Å². The summed E-state index contributed by atoms with van der Waals surface area (Å²) in [6.07, 6.45) is 1.41. The van der Waals surface area contributed by atoms with Crippen LogP contribution < -0.4 is 34.9 Å². The Morgan fingerprint density at radius 2 is 2.00 bits per heavy atom. The molecule has 1 amide bonds. The normalized spacial score (nSPS) is 16.9. The minimum atomic E-state index is -4.53. The maximum Gasteiger partial charge on any atom is 1.00 e. The van der Waals surface area contributed by atoms with Crippen molar-refractivity contribution in [3.63, 3.8) is 0 Å². The fourth-order valence-corrected chi connectivity index (χ4v) is 3.06. The first kappa shape index (κ1) is 17.6. The van der Waals surface area contributed by atoms with E-state index in [9.17, 15) is 18.3 Å². The summed E-state index contributed by atoms with van der Waals surface area (Å²) in [5.74, 6) is -0.944. The Morgan fingerprint density at radius 1 is 1.35 bits per heavy atom. The van der Waals surface area contributed by atoms with Gasteiger partial charge >= 0.3 is 29.6 Å². The molecule has 0 spiro atoms. The number of benzene rings is 1. The number of thiocarbonyl (C=S) groups is 1. The first-order chi connectivity index (χ1) is 8.77. The number of phenolic OH excluding ortho intramolecular Hbond substituents is 1. The van der Waals surface area contributed by atoms with E-state index in [1.165, 1.54) is 12.1 Å². The first-order valence-electron chi connectivity index (χ1n) is 4.83. The van der Waals surface area contributed by atoms with Crippen LogP contribution in [0.3, 0.4) is 0 Å². The molecule has 1 saturated heterocycles. The summed E-state index contributed by atoms with van der Waals surface area (Å²) in [6.45, 7) is 0. The van der Waals surface area contributed by atoms with Crippen LogP contribution in [0.25, 0.3) is 6.08 Å². The van der Waals surface area contributed by atoms with Crippen molar-refractivity contribution in [3.8, 4) is 5.75 Å². The van der Waals surface area contributed by atoms with Crippen LogP contribution in [-0.2, 0) is 14.9 Å². The first-order valence-corrected chi connectivity index (χ1v) is 7.49. The number of carbonyl (C=O) groups excluding carboxylic acids is 1. The molecule has 1 aliphatic heterocycles. The average molecular weight is 340 g/mol. The Morgan fingerprint density at radius 3 is 2.50 bits per heavy atom. The molecule has 10 heteroatoms. The van der Waals surface area contributed by atoms with Gasteiger partial charge in [0.05, 0.1) is 4.91 Å². The second-order valence-corrected chi connectivity index (χ2v) is 6.66. The van der Waals surface area contributed by atoms with E-state index in [0.717, 1.165) is 23.9 Å². The summed E-state index contributed by atoms with van der Waals surface area (Å²) >= 11 is 5.85. The molecule has 0 aliphatic carbocycles. The molecule has 1 aromatic rings. The van der Waals surface area contributed by atoms with Crippen LogP contribution in [0.2, 0.25) is 0 Å². The predicted octanol–water partition coefficient (Wildman–Crippen LogP) is -1.87. The van der Waals surface area contributed by atoms with Gasteiger partial charge in [0.25, 0.3) is 16.0 Å². The van der Waals surface area contributed by atoms with E-state index in [1.807, 2.05) is 0 Å². The van der Waals surface area contributed by atoms with E-state index < -0.39 is 20.8 Å². The van der Waals surface area contributed by atoms with Gasteiger partial charge in [0.2, 0.25) is 0 Å². The van der Waals surface area contributed by atoms with Gasteiger partial charge in [-0.15, -0.1) is 0 Å². The SMILES string of the molecule is O=C1NC(=S)S/C1=C/c1ccc(O)c(S(=O)(=O)O)c1.[Na+]. The van der Waals surface area contributed by atoms with Crippen molar-refractivity contribution in [2.75, 3.05) is 0 Å². The fraction of sp³-hybridized carbons (Fsp3) is 0. The molecule has 0 aromatic heterocycles. The Labute approximate surface area is 146 Å². The smallest absolute Gasteiger partial charge is 0.506 e. The number of thioether (sulfide) groups is 1. The summed E-state index contributed by atoms with van der Waals surface area (Å²) in [7, 11) is -4.53. The van der Waals surface area contributed by atoms with Crippen molar-refractivity contribution >= 4 is 50.4 Å². The van der Waals surface area contributed by atoms with Gasteiger partial charge in [-0.2, -0.15) is 8.42 Å². The number of amides is 1. The van der Waals surface area contributed by atoms with Crippen molar-refractivity contribution < 1.29 is 52.4 Å². The number of rotatable bonds is 2. The summed E-state index contributed by atoms with van der Waals surface area (Å²) < 4.78 is 31.3. The van der Waals surface area contributed by atoms with Crippen LogP contribution in [0, 0.1) is 0 Å². The van der Waals surface area contributed by atoms with Gasteiger partial charge < -0.3 is 10.4 Å². The van der Waals surface area contributed by atoms with Crippen molar-refractivity contribution in [2.24, 2.45) is 0 Å². The third-order valence-electron chi connectivity index (χ3n) is 2.20. The molecule has 1 heterocycles. The quantitative estimate of drug-likeness (QED) is 0.251. The molecular formula is C10H7NNaO5S3+. The minimum absolute atomic E-state index is 0. The van der Waals surface area contributed by atoms with E-state index in [0.29, 0.717) is 14.8 Å². The Kier molecular flexibility index (Phi) is 5.79. The van der Waals surface area contributed by atoms with Gasteiger partial charge in [-0.05, 0) is 23.8 Å². The van der Waals surface area contributed by atoms with E-state index >= 15 is 0 Å². The number of nitrogens with one attached hydrogen (secondary N) is 1. The third-order valence-corrected chi connectivity index (χ3v) is 4.25. The van der Waals surface area contributed by atoms with Crippen LogP contribution in [0.5, 0.6) is 5.75 Å². The molecule has 0 bridgehead atoms. The molecule has 0 unspecified atom stereocenters. The average Bonchev–Trinajstić information content (AvgIpc) is 2.58. The zero-order valence-electron chi connectivity index (χ0n) is 10.2. The van der Waals surface area contributed by atoms with Gasteiger partial charge in [-0.25, -0.2) is 0 Å². The van der Waals surface area contributed by atoms with Gasteiger partial charge in [-0.3, -0.25) is 9.35 Å². The second kappa shape index (κ2) is 6.56. The summed E-state index contributed by atoms with van der Waals surface area (Å²) in [4.78, 5) is 11.1. The predicted molar refractivity (Wildman–Crippen MR) is 74.2 cm³/mol.